The van der Waals surface area contributed by atoms with Crippen molar-refractivity contribution in [3.8, 4) is 0 Å². The first-order valence-electron chi connectivity index (χ1n) is 6.94. The molecule has 0 bridgehead atoms. The molecule has 1 aromatic carbocycles. The minimum absolute atomic E-state index is 0.0144. The standard InChI is InChI=1S/C16H13F2NO2S3/c1-11-4-7-16(23-11)24(20,21)19(10-13-3-2-8-22-13)15-6-5-12(17)9-14(15)18/h2-9H,10H2,1H3. The molecule has 0 radical (unpaired) electrons. The maximum atomic E-state index is 14.2. The van der Waals surface area contributed by atoms with Crippen molar-refractivity contribution in [1.29, 1.82) is 0 Å². The van der Waals surface area contributed by atoms with Crippen LogP contribution in [0.2, 0.25) is 0 Å². The maximum absolute atomic E-state index is 14.2. The normalized spacial score (nSPS) is 11.6. The summed E-state index contributed by atoms with van der Waals surface area (Å²) in [5.41, 5.74) is -0.171. The minimum Gasteiger partial charge on any atom is -0.257 e. The van der Waals surface area contributed by atoms with E-state index in [1.165, 1.54) is 17.4 Å². The van der Waals surface area contributed by atoms with Gasteiger partial charge in [0.1, 0.15) is 15.8 Å². The summed E-state index contributed by atoms with van der Waals surface area (Å²) in [4.78, 5) is 1.60. The summed E-state index contributed by atoms with van der Waals surface area (Å²) in [7, 11) is -3.95. The topological polar surface area (TPSA) is 37.4 Å². The van der Waals surface area contributed by atoms with Gasteiger partial charge in [0.25, 0.3) is 10.0 Å². The summed E-state index contributed by atoms with van der Waals surface area (Å²) in [6, 6.07) is 9.65. The summed E-state index contributed by atoms with van der Waals surface area (Å²) in [6.07, 6.45) is 0. The zero-order chi connectivity index (χ0) is 17.3. The molecular weight excluding hydrogens is 372 g/mol. The van der Waals surface area contributed by atoms with Crippen LogP contribution in [-0.4, -0.2) is 8.42 Å². The third kappa shape index (κ3) is 3.35. The van der Waals surface area contributed by atoms with Gasteiger partial charge in [0, 0.05) is 15.8 Å². The Labute approximate surface area is 146 Å². The Morgan fingerprint density at radius 1 is 1.12 bits per heavy atom. The highest BCUT2D eigenvalue weighted by Crippen LogP contribution is 2.32. The fraction of sp³-hybridized carbons (Fsp3) is 0.125. The molecule has 0 fully saturated rings. The van der Waals surface area contributed by atoms with Crippen LogP contribution in [0.3, 0.4) is 0 Å². The van der Waals surface area contributed by atoms with E-state index in [-0.39, 0.29) is 16.4 Å². The van der Waals surface area contributed by atoms with Gasteiger partial charge in [-0.2, -0.15) is 0 Å². The molecule has 8 heteroatoms. The highest BCUT2D eigenvalue weighted by atomic mass is 32.2. The van der Waals surface area contributed by atoms with Gasteiger partial charge in [0.2, 0.25) is 0 Å². The molecule has 0 aliphatic rings. The summed E-state index contributed by atoms with van der Waals surface area (Å²) < 4.78 is 54.5. The number of benzene rings is 1. The highest BCUT2D eigenvalue weighted by molar-refractivity contribution is 7.94. The van der Waals surface area contributed by atoms with E-state index in [0.29, 0.717) is 6.07 Å². The lowest BCUT2D eigenvalue weighted by molar-refractivity contribution is 0.574. The molecule has 3 aromatic rings. The number of hydrogen-bond acceptors (Lipinski definition) is 4. The second kappa shape index (κ2) is 6.62. The summed E-state index contributed by atoms with van der Waals surface area (Å²) in [5, 5.41) is 1.82. The summed E-state index contributed by atoms with van der Waals surface area (Å²) in [5.74, 6) is -1.67. The van der Waals surface area contributed by atoms with E-state index in [0.717, 1.165) is 37.5 Å². The Kier molecular flexibility index (Phi) is 4.71. The zero-order valence-corrected chi connectivity index (χ0v) is 15.0. The van der Waals surface area contributed by atoms with Crippen molar-refractivity contribution < 1.29 is 17.2 Å². The van der Waals surface area contributed by atoms with Crippen LogP contribution in [0.4, 0.5) is 14.5 Å². The molecule has 126 valence electrons. The van der Waals surface area contributed by atoms with Crippen LogP contribution in [0.5, 0.6) is 0 Å². The molecule has 0 aliphatic carbocycles. The predicted molar refractivity (Wildman–Crippen MR) is 93.1 cm³/mol. The van der Waals surface area contributed by atoms with Gasteiger partial charge < -0.3 is 0 Å². The first kappa shape index (κ1) is 17.1. The SMILES string of the molecule is Cc1ccc(S(=O)(=O)N(Cc2cccs2)c2ccc(F)cc2F)s1. The van der Waals surface area contributed by atoms with Gasteiger partial charge in [0.05, 0.1) is 12.2 Å². The van der Waals surface area contributed by atoms with Crippen molar-refractivity contribution in [1.82, 2.24) is 0 Å². The summed E-state index contributed by atoms with van der Waals surface area (Å²) >= 11 is 2.49. The monoisotopic (exact) mass is 385 g/mol. The van der Waals surface area contributed by atoms with E-state index in [1.807, 2.05) is 5.38 Å². The van der Waals surface area contributed by atoms with Crippen molar-refractivity contribution in [2.45, 2.75) is 17.7 Å². The molecule has 0 N–H and O–H groups in total. The number of thiophene rings is 2. The molecule has 0 saturated carbocycles. The first-order valence-corrected chi connectivity index (χ1v) is 10.1. The van der Waals surface area contributed by atoms with Gasteiger partial charge in [0.15, 0.2) is 0 Å². The predicted octanol–water partition coefficient (Wildman–Crippen LogP) is 4.79. The number of sulfonamides is 1. The molecular formula is C16H13F2NO2S3. The zero-order valence-electron chi connectivity index (χ0n) is 12.6. The molecule has 24 heavy (non-hydrogen) atoms. The number of hydrogen-bond donors (Lipinski definition) is 0. The molecule has 0 unspecified atom stereocenters. The van der Waals surface area contributed by atoms with Crippen LogP contribution in [0, 0.1) is 18.6 Å². The molecule has 0 spiro atoms. The second-order valence-electron chi connectivity index (χ2n) is 5.05. The number of rotatable bonds is 5. The Morgan fingerprint density at radius 2 is 1.92 bits per heavy atom. The third-order valence-corrected chi connectivity index (χ3v) is 7.41. The minimum atomic E-state index is -3.95. The lowest BCUT2D eigenvalue weighted by Crippen LogP contribution is -2.30. The van der Waals surface area contributed by atoms with Gasteiger partial charge >= 0.3 is 0 Å². The molecule has 0 saturated heterocycles. The first-order chi connectivity index (χ1) is 11.4. The van der Waals surface area contributed by atoms with Crippen LogP contribution in [0.15, 0.2) is 52.1 Å². The highest BCUT2D eigenvalue weighted by Gasteiger charge is 2.29. The Bertz CT molecular complexity index is 950. The Morgan fingerprint density at radius 3 is 2.50 bits per heavy atom. The second-order valence-corrected chi connectivity index (χ2v) is 9.46. The quantitative estimate of drug-likeness (QED) is 0.633. The number of nitrogens with zero attached hydrogens (tertiary/aromatic N) is 1. The maximum Gasteiger partial charge on any atom is 0.274 e. The van der Waals surface area contributed by atoms with E-state index >= 15 is 0 Å². The third-order valence-electron chi connectivity index (χ3n) is 3.32. The Hall–Kier alpha value is -1.77. The van der Waals surface area contributed by atoms with Gasteiger partial charge in [-0.25, -0.2) is 17.2 Å². The lowest BCUT2D eigenvalue weighted by Gasteiger charge is -2.23. The van der Waals surface area contributed by atoms with Crippen LogP contribution < -0.4 is 4.31 Å². The van der Waals surface area contributed by atoms with Crippen LogP contribution in [-0.2, 0) is 16.6 Å². The van der Waals surface area contributed by atoms with Crippen molar-refractivity contribution >= 4 is 38.4 Å². The molecule has 0 atom stereocenters. The van der Waals surface area contributed by atoms with E-state index in [4.69, 9.17) is 0 Å². The molecule has 3 rings (SSSR count). The molecule has 2 heterocycles. The Balaban J connectivity index is 2.11. The largest absolute Gasteiger partial charge is 0.274 e. The molecule has 3 nitrogen and oxygen atoms in total. The lowest BCUT2D eigenvalue weighted by atomic mass is 10.3. The molecule has 2 aromatic heterocycles. The fourth-order valence-corrected chi connectivity index (χ4v) is 5.81. The van der Waals surface area contributed by atoms with Gasteiger partial charge in [-0.15, -0.1) is 22.7 Å². The van der Waals surface area contributed by atoms with Crippen molar-refractivity contribution in [3.63, 3.8) is 0 Å². The van der Waals surface area contributed by atoms with Crippen molar-refractivity contribution in [3.05, 3.63) is 69.2 Å². The van der Waals surface area contributed by atoms with E-state index in [9.17, 15) is 17.2 Å². The average molecular weight is 385 g/mol. The fourth-order valence-electron chi connectivity index (χ4n) is 2.19. The van der Waals surface area contributed by atoms with E-state index in [1.54, 1.807) is 25.1 Å². The average Bonchev–Trinajstić information content (AvgIpc) is 3.17. The van der Waals surface area contributed by atoms with Crippen LogP contribution >= 0.6 is 22.7 Å². The van der Waals surface area contributed by atoms with E-state index in [2.05, 4.69) is 0 Å². The number of halogens is 2. The summed E-state index contributed by atoms with van der Waals surface area (Å²) in [6.45, 7) is 1.78. The van der Waals surface area contributed by atoms with Crippen molar-refractivity contribution in [2.75, 3.05) is 4.31 Å². The van der Waals surface area contributed by atoms with E-state index < -0.39 is 21.7 Å². The van der Waals surface area contributed by atoms with Crippen molar-refractivity contribution in [2.24, 2.45) is 0 Å². The molecule has 0 aliphatic heterocycles. The number of anilines is 1. The molecule has 0 amide bonds. The van der Waals surface area contributed by atoms with Crippen LogP contribution in [0.1, 0.15) is 9.75 Å². The smallest absolute Gasteiger partial charge is 0.257 e. The van der Waals surface area contributed by atoms with Gasteiger partial charge in [-0.1, -0.05) is 6.07 Å². The van der Waals surface area contributed by atoms with Gasteiger partial charge in [-0.3, -0.25) is 4.31 Å². The number of aryl methyl sites for hydroxylation is 1. The van der Waals surface area contributed by atoms with Gasteiger partial charge in [-0.05, 0) is 42.6 Å². The van der Waals surface area contributed by atoms with Crippen LogP contribution in [0.25, 0.3) is 0 Å².